The first-order chi connectivity index (χ1) is 14.1. The minimum Gasteiger partial charge on any atom is -0.352 e. The molecule has 0 atom stereocenters. The number of benzene rings is 2. The largest absolute Gasteiger partial charge is 0.352 e. The monoisotopic (exact) mass is 439 g/mol. The third-order valence-corrected chi connectivity index (χ3v) is 6.27. The van der Waals surface area contributed by atoms with Crippen LogP contribution in [0.5, 0.6) is 0 Å². The fourth-order valence-electron chi connectivity index (χ4n) is 2.86. The maximum absolute atomic E-state index is 12.3. The van der Waals surface area contributed by atoms with Crippen LogP contribution < -0.4 is 5.32 Å². The Kier molecular flexibility index (Phi) is 6.04. The SMILES string of the molecule is Cc1nc(-c2ccc(CNC(=O)Cc3csc(-c4cccc(Cl)c4)n3)cc2)cs1. The number of hydrogen-bond donors (Lipinski definition) is 1. The first-order valence-electron chi connectivity index (χ1n) is 9.05. The van der Waals surface area contributed by atoms with Gasteiger partial charge in [0.1, 0.15) is 5.01 Å². The molecule has 2 heterocycles. The Morgan fingerprint density at radius 1 is 1.03 bits per heavy atom. The van der Waals surface area contributed by atoms with Crippen LogP contribution in [-0.4, -0.2) is 15.9 Å². The Labute approximate surface area is 182 Å². The topological polar surface area (TPSA) is 54.9 Å². The summed E-state index contributed by atoms with van der Waals surface area (Å²) >= 11 is 9.19. The van der Waals surface area contributed by atoms with Crippen molar-refractivity contribution in [3.05, 3.63) is 80.6 Å². The molecule has 4 rings (SSSR count). The van der Waals surface area contributed by atoms with Crippen LogP contribution in [0.3, 0.4) is 0 Å². The summed E-state index contributed by atoms with van der Waals surface area (Å²) in [4.78, 5) is 21.4. The minimum atomic E-state index is -0.0489. The minimum absolute atomic E-state index is 0.0489. The number of nitrogens with one attached hydrogen (secondary N) is 1. The highest BCUT2D eigenvalue weighted by Crippen LogP contribution is 2.26. The summed E-state index contributed by atoms with van der Waals surface area (Å²) in [7, 11) is 0. The molecule has 0 aliphatic heterocycles. The van der Waals surface area contributed by atoms with E-state index in [-0.39, 0.29) is 12.3 Å². The van der Waals surface area contributed by atoms with Gasteiger partial charge in [0.15, 0.2) is 0 Å². The molecule has 0 fully saturated rings. The summed E-state index contributed by atoms with van der Waals surface area (Å²) in [5.41, 5.74) is 4.84. The van der Waals surface area contributed by atoms with Crippen LogP contribution in [0.4, 0.5) is 0 Å². The Balaban J connectivity index is 1.32. The Morgan fingerprint density at radius 2 is 1.86 bits per heavy atom. The van der Waals surface area contributed by atoms with Gasteiger partial charge in [-0.2, -0.15) is 0 Å². The molecule has 0 saturated heterocycles. The van der Waals surface area contributed by atoms with Gasteiger partial charge in [0.05, 0.1) is 22.8 Å². The molecule has 1 amide bonds. The van der Waals surface area contributed by atoms with Crippen LogP contribution in [0.1, 0.15) is 16.3 Å². The molecule has 146 valence electrons. The lowest BCUT2D eigenvalue weighted by Gasteiger charge is -2.05. The van der Waals surface area contributed by atoms with Crippen molar-refractivity contribution in [3.63, 3.8) is 0 Å². The van der Waals surface area contributed by atoms with Crippen LogP contribution in [0.15, 0.2) is 59.3 Å². The van der Waals surface area contributed by atoms with E-state index in [1.165, 1.54) is 11.3 Å². The second kappa shape index (κ2) is 8.86. The molecular weight excluding hydrogens is 422 g/mol. The van der Waals surface area contributed by atoms with Gasteiger partial charge in [-0.3, -0.25) is 4.79 Å². The number of aryl methyl sites for hydroxylation is 1. The molecule has 0 radical (unpaired) electrons. The van der Waals surface area contributed by atoms with E-state index in [9.17, 15) is 4.79 Å². The number of halogens is 1. The van der Waals surface area contributed by atoms with Crippen LogP contribution in [0.25, 0.3) is 21.8 Å². The highest BCUT2D eigenvalue weighted by atomic mass is 35.5. The Hall–Kier alpha value is -2.54. The molecule has 2 aromatic carbocycles. The van der Waals surface area contributed by atoms with Crippen molar-refractivity contribution < 1.29 is 4.79 Å². The van der Waals surface area contributed by atoms with E-state index in [2.05, 4.69) is 20.7 Å². The maximum Gasteiger partial charge on any atom is 0.226 e. The van der Waals surface area contributed by atoms with Gasteiger partial charge in [0.25, 0.3) is 0 Å². The molecule has 0 aliphatic carbocycles. The van der Waals surface area contributed by atoms with Gasteiger partial charge in [-0.1, -0.05) is 48.0 Å². The van der Waals surface area contributed by atoms with Gasteiger partial charge in [-0.05, 0) is 24.6 Å². The predicted molar refractivity (Wildman–Crippen MR) is 120 cm³/mol. The number of hydrogen-bond acceptors (Lipinski definition) is 5. The van der Waals surface area contributed by atoms with Gasteiger partial charge in [-0.15, -0.1) is 22.7 Å². The fourth-order valence-corrected chi connectivity index (χ4v) is 4.49. The molecule has 29 heavy (non-hydrogen) atoms. The predicted octanol–water partition coefficient (Wildman–Crippen LogP) is 5.75. The molecule has 7 heteroatoms. The first kappa shape index (κ1) is 19.8. The lowest BCUT2D eigenvalue weighted by molar-refractivity contribution is -0.120. The average molecular weight is 440 g/mol. The lowest BCUT2D eigenvalue weighted by Crippen LogP contribution is -2.24. The summed E-state index contributed by atoms with van der Waals surface area (Å²) in [6, 6.07) is 15.7. The molecule has 0 bridgehead atoms. The summed E-state index contributed by atoms with van der Waals surface area (Å²) in [5.74, 6) is -0.0489. The Bertz CT molecular complexity index is 1130. The van der Waals surface area contributed by atoms with Crippen molar-refractivity contribution in [1.82, 2.24) is 15.3 Å². The second-order valence-corrected chi connectivity index (χ2v) is 8.91. The number of rotatable bonds is 6. The molecule has 0 spiro atoms. The number of carbonyl (C=O) groups excluding carboxylic acids is 1. The number of carbonyl (C=O) groups is 1. The highest BCUT2D eigenvalue weighted by molar-refractivity contribution is 7.13. The van der Waals surface area contributed by atoms with E-state index in [4.69, 9.17) is 11.6 Å². The van der Waals surface area contributed by atoms with Crippen LogP contribution in [-0.2, 0) is 17.8 Å². The zero-order valence-corrected chi connectivity index (χ0v) is 18.1. The van der Waals surface area contributed by atoms with Crippen LogP contribution >= 0.6 is 34.3 Å². The normalized spacial score (nSPS) is 10.8. The van der Waals surface area contributed by atoms with Crippen LogP contribution in [0.2, 0.25) is 5.02 Å². The molecule has 2 aromatic heterocycles. The Morgan fingerprint density at radius 3 is 2.59 bits per heavy atom. The third-order valence-electron chi connectivity index (χ3n) is 4.32. The van der Waals surface area contributed by atoms with Gasteiger partial charge >= 0.3 is 0 Å². The van der Waals surface area contributed by atoms with Crippen molar-refractivity contribution in [2.45, 2.75) is 19.9 Å². The van der Waals surface area contributed by atoms with Gasteiger partial charge in [0.2, 0.25) is 5.91 Å². The summed E-state index contributed by atoms with van der Waals surface area (Å²) in [5, 5.41) is 9.52. The molecule has 0 saturated carbocycles. The van der Waals surface area contributed by atoms with Crippen molar-refractivity contribution >= 4 is 40.2 Å². The smallest absolute Gasteiger partial charge is 0.226 e. The van der Waals surface area contributed by atoms with Crippen molar-refractivity contribution in [2.75, 3.05) is 0 Å². The lowest BCUT2D eigenvalue weighted by atomic mass is 10.1. The maximum atomic E-state index is 12.3. The van der Waals surface area contributed by atoms with Crippen LogP contribution in [0, 0.1) is 6.92 Å². The highest BCUT2D eigenvalue weighted by Gasteiger charge is 2.10. The molecule has 0 aliphatic rings. The van der Waals surface area contributed by atoms with Crippen molar-refractivity contribution in [1.29, 1.82) is 0 Å². The van der Waals surface area contributed by atoms with Gasteiger partial charge in [-0.25, -0.2) is 9.97 Å². The number of nitrogens with zero attached hydrogens (tertiary/aromatic N) is 2. The van der Waals surface area contributed by atoms with Gasteiger partial charge < -0.3 is 5.32 Å². The number of amides is 1. The zero-order chi connectivity index (χ0) is 20.2. The van der Waals surface area contributed by atoms with Gasteiger partial charge in [0, 0.05) is 33.5 Å². The number of thiazole rings is 2. The van der Waals surface area contributed by atoms with E-state index < -0.39 is 0 Å². The molecule has 4 aromatic rings. The quantitative estimate of drug-likeness (QED) is 0.416. The first-order valence-corrected chi connectivity index (χ1v) is 11.2. The standard InChI is InChI=1S/C22H18ClN3OS2/c1-14-25-20(13-28-14)16-7-5-15(6-8-16)11-24-21(27)10-19-12-29-22(26-19)17-3-2-4-18(23)9-17/h2-9,12-13H,10-11H2,1H3,(H,24,27). The van der Waals surface area contributed by atoms with Crippen molar-refractivity contribution in [3.8, 4) is 21.8 Å². The van der Waals surface area contributed by atoms with E-state index in [1.807, 2.05) is 60.8 Å². The third kappa shape index (κ3) is 5.09. The van der Waals surface area contributed by atoms with E-state index in [0.29, 0.717) is 11.6 Å². The number of aromatic nitrogens is 2. The summed E-state index contributed by atoms with van der Waals surface area (Å²) in [6.45, 7) is 2.48. The molecule has 4 nitrogen and oxygen atoms in total. The second-order valence-electron chi connectivity index (χ2n) is 6.56. The van der Waals surface area contributed by atoms with E-state index >= 15 is 0 Å². The van der Waals surface area contributed by atoms with E-state index in [1.54, 1.807) is 11.3 Å². The fraction of sp³-hybridized carbons (Fsp3) is 0.136. The average Bonchev–Trinajstić information content (AvgIpc) is 3.36. The zero-order valence-electron chi connectivity index (χ0n) is 15.7. The summed E-state index contributed by atoms with van der Waals surface area (Å²) in [6.07, 6.45) is 0.257. The molecule has 1 N–H and O–H groups in total. The van der Waals surface area contributed by atoms with E-state index in [0.717, 1.165) is 38.1 Å². The van der Waals surface area contributed by atoms with Crippen molar-refractivity contribution in [2.24, 2.45) is 0 Å². The molecular formula is C22H18ClN3OS2. The molecule has 0 unspecified atom stereocenters. The summed E-state index contributed by atoms with van der Waals surface area (Å²) < 4.78 is 0.